The van der Waals surface area contributed by atoms with E-state index >= 15 is 0 Å². The van der Waals surface area contributed by atoms with Gasteiger partial charge in [-0.25, -0.2) is 0 Å². The van der Waals surface area contributed by atoms with Crippen molar-refractivity contribution in [3.05, 3.63) is 28.3 Å². The van der Waals surface area contributed by atoms with E-state index in [1.54, 1.807) is 6.07 Å². The lowest BCUT2D eigenvalue weighted by molar-refractivity contribution is -0.385. The van der Waals surface area contributed by atoms with Crippen LogP contribution in [0.2, 0.25) is 0 Å². The van der Waals surface area contributed by atoms with E-state index in [1.165, 1.54) is 32.1 Å². The molecule has 6 heteroatoms. The standard InChI is InChI=1S/C14H20N2O4/c1-10(8-15-11-3-4-11)9-20-14-7-12(16(17)18)5-6-13(14)19-2/h5-7,10-11,15H,3-4,8-9H2,1-2H3. The fraction of sp³-hybridized carbons (Fsp3) is 0.571. The van der Waals surface area contributed by atoms with Crippen LogP contribution in [0.4, 0.5) is 5.69 Å². The highest BCUT2D eigenvalue weighted by Gasteiger charge is 2.21. The Bertz CT molecular complexity index is 474. The van der Waals surface area contributed by atoms with Crippen molar-refractivity contribution in [3.8, 4) is 11.5 Å². The van der Waals surface area contributed by atoms with Crippen LogP contribution in [0.1, 0.15) is 19.8 Å². The highest BCUT2D eigenvalue weighted by molar-refractivity contribution is 5.48. The van der Waals surface area contributed by atoms with Crippen LogP contribution in [-0.4, -0.2) is 31.2 Å². The van der Waals surface area contributed by atoms with Gasteiger partial charge in [-0.1, -0.05) is 6.92 Å². The number of rotatable bonds is 8. The van der Waals surface area contributed by atoms with E-state index in [4.69, 9.17) is 9.47 Å². The second-order valence-corrected chi connectivity index (χ2v) is 5.19. The maximum absolute atomic E-state index is 10.8. The first-order chi connectivity index (χ1) is 9.60. The van der Waals surface area contributed by atoms with Crippen molar-refractivity contribution in [3.63, 3.8) is 0 Å². The molecular formula is C14H20N2O4. The van der Waals surface area contributed by atoms with Crippen LogP contribution in [0.3, 0.4) is 0 Å². The minimum Gasteiger partial charge on any atom is -0.493 e. The summed E-state index contributed by atoms with van der Waals surface area (Å²) < 4.78 is 10.8. The van der Waals surface area contributed by atoms with Crippen LogP contribution in [-0.2, 0) is 0 Å². The zero-order valence-electron chi connectivity index (χ0n) is 11.8. The summed E-state index contributed by atoms with van der Waals surface area (Å²) in [7, 11) is 1.52. The molecule has 110 valence electrons. The summed E-state index contributed by atoms with van der Waals surface area (Å²) in [4.78, 5) is 10.3. The van der Waals surface area contributed by atoms with Crippen LogP contribution in [0.15, 0.2) is 18.2 Å². The second-order valence-electron chi connectivity index (χ2n) is 5.19. The summed E-state index contributed by atoms with van der Waals surface area (Å²) >= 11 is 0. The molecule has 1 aliphatic rings. The highest BCUT2D eigenvalue weighted by Crippen LogP contribution is 2.31. The van der Waals surface area contributed by atoms with Crippen molar-refractivity contribution in [2.45, 2.75) is 25.8 Å². The molecule has 0 heterocycles. The highest BCUT2D eigenvalue weighted by atomic mass is 16.6. The maximum Gasteiger partial charge on any atom is 0.273 e. The van der Waals surface area contributed by atoms with Gasteiger partial charge in [0.1, 0.15) is 0 Å². The number of hydrogen-bond donors (Lipinski definition) is 1. The van der Waals surface area contributed by atoms with Crippen molar-refractivity contribution in [2.24, 2.45) is 5.92 Å². The SMILES string of the molecule is COc1ccc([N+](=O)[O-])cc1OCC(C)CNC1CC1. The number of methoxy groups -OCH3 is 1. The smallest absolute Gasteiger partial charge is 0.273 e. The van der Waals surface area contributed by atoms with Gasteiger partial charge in [-0.05, 0) is 18.9 Å². The molecule has 0 amide bonds. The van der Waals surface area contributed by atoms with E-state index in [9.17, 15) is 10.1 Å². The largest absolute Gasteiger partial charge is 0.493 e. The topological polar surface area (TPSA) is 73.6 Å². The number of non-ortho nitro benzene ring substituents is 1. The summed E-state index contributed by atoms with van der Waals surface area (Å²) in [6, 6.07) is 5.04. The number of nitrogens with zero attached hydrogens (tertiary/aromatic N) is 1. The van der Waals surface area contributed by atoms with E-state index in [-0.39, 0.29) is 5.69 Å². The molecule has 0 radical (unpaired) electrons. The zero-order valence-corrected chi connectivity index (χ0v) is 11.8. The molecule has 1 aromatic rings. The Labute approximate surface area is 118 Å². The van der Waals surface area contributed by atoms with Crippen molar-refractivity contribution < 1.29 is 14.4 Å². The molecule has 1 aromatic carbocycles. The minimum atomic E-state index is -0.440. The molecule has 6 nitrogen and oxygen atoms in total. The molecule has 2 rings (SSSR count). The van der Waals surface area contributed by atoms with Crippen LogP contribution < -0.4 is 14.8 Å². The third-order valence-electron chi connectivity index (χ3n) is 3.21. The summed E-state index contributed by atoms with van der Waals surface area (Å²) in [5, 5.41) is 14.2. The number of nitro benzene ring substituents is 1. The monoisotopic (exact) mass is 280 g/mol. The van der Waals surface area contributed by atoms with Gasteiger partial charge in [-0.2, -0.15) is 0 Å². The Balaban J connectivity index is 1.91. The number of benzene rings is 1. The van der Waals surface area contributed by atoms with Gasteiger partial charge in [0.25, 0.3) is 5.69 Å². The minimum absolute atomic E-state index is 0.00422. The van der Waals surface area contributed by atoms with Crippen molar-refractivity contribution in [1.82, 2.24) is 5.32 Å². The molecule has 0 saturated heterocycles. The molecule has 20 heavy (non-hydrogen) atoms. The third kappa shape index (κ3) is 4.09. The number of nitrogens with one attached hydrogen (secondary N) is 1. The van der Waals surface area contributed by atoms with Crippen LogP contribution >= 0.6 is 0 Å². The van der Waals surface area contributed by atoms with Gasteiger partial charge in [0, 0.05) is 24.6 Å². The van der Waals surface area contributed by atoms with Gasteiger partial charge in [0.05, 0.1) is 24.7 Å². The Kier molecular flexibility index (Phi) is 4.79. The van der Waals surface area contributed by atoms with Crippen molar-refractivity contribution in [2.75, 3.05) is 20.3 Å². The first-order valence-corrected chi connectivity index (χ1v) is 6.78. The van der Waals surface area contributed by atoms with E-state index in [0.717, 1.165) is 6.54 Å². The summed E-state index contributed by atoms with van der Waals surface area (Å²) in [6.07, 6.45) is 2.51. The average molecular weight is 280 g/mol. The van der Waals surface area contributed by atoms with Crippen molar-refractivity contribution >= 4 is 5.69 Å². The fourth-order valence-corrected chi connectivity index (χ4v) is 1.84. The third-order valence-corrected chi connectivity index (χ3v) is 3.21. The zero-order chi connectivity index (χ0) is 14.5. The summed E-state index contributed by atoms with van der Waals surface area (Å²) in [6.45, 7) is 3.47. The molecule has 0 bridgehead atoms. The first-order valence-electron chi connectivity index (χ1n) is 6.78. The molecule has 1 saturated carbocycles. The molecule has 0 aliphatic heterocycles. The number of hydrogen-bond acceptors (Lipinski definition) is 5. The lowest BCUT2D eigenvalue weighted by atomic mass is 10.2. The van der Waals surface area contributed by atoms with Gasteiger partial charge in [0.2, 0.25) is 0 Å². The Morgan fingerprint density at radius 3 is 2.80 bits per heavy atom. The lowest BCUT2D eigenvalue weighted by Crippen LogP contribution is -2.26. The summed E-state index contributed by atoms with van der Waals surface area (Å²) in [5.74, 6) is 1.26. The van der Waals surface area contributed by atoms with E-state index in [0.29, 0.717) is 30.1 Å². The second kappa shape index (κ2) is 6.56. The van der Waals surface area contributed by atoms with E-state index in [1.807, 2.05) is 0 Å². The predicted molar refractivity (Wildman–Crippen MR) is 75.3 cm³/mol. The van der Waals surface area contributed by atoms with E-state index in [2.05, 4.69) is 12.2 Å². The fourth-order valence-electron chi connectivity index (χ4n) is 1.84. The summed E-state index contributed by atoms with van der Waals surface area (Å²) in [5.41, 5.74) is 0.00422. The normalized spacial score (nSPS) is 15.7. The predicted octanol–water partition coefficient (Wildman–Crippen LogP) is 2.37. The van der Waals surface area contributed by atoms with Crippen LogP contribution in [0.25, 0.3) is 0 Å². The molecule has 1 atom stereocenters. The number of nitro groups is 1. The van der Waals surface area contributed by atoms with E-state index < -0.39 is 4.92 Å². The molecule has 0 spiro atoms. The average Bonchev–Trinajstić information content (AvgIpc) is 3.26. The van der Waals surface area contributed by atoms with Crippen LogP contribution in [0, 0.1) is 16.0 Å². The Hall–Kier alpha value is -1.82. The first kappa shape index (κ1) is 14.6. The Morgan fingerprint density at radius 2 is 2.20 bits per heavy atom. The molecule has 1 aliphatic carbocycles. The molecule has 0 aromatic heterocycles. The van der Waals surface area contributed by atoms with Crippen LogP contribution in [0.5, 0.6) is 11.5 Å². The molecule has 1 N–H and O–H groups in total. The molecule has 1 unspecified atom stereocenters. The quantitative estimate of drug-likeness (QED) is 0.584. The van der Waals surface area contributed by atoms with Gasteiger partial charge < -0.3 is 14.8 Å². The molecule has 1 fully saturated rings. The van der Waals surface area contributed by atoms with Gasteiger partial charge in [-0.15, -0.1) is 0 Å². The number of ether oxygens (including phenoxy) is 2. The van der Waals surface area contributed by atoms with Gasteiger partial charge >= 0.3 is 0 Å². The Morgan fingerprint density at radius 1 is 1.45 bits per heavy atom. The van der Waals surface area contributed by atoms with Crippen molar-refractivity contribution in [1.29, 1.82) is 0 Å². The molecular weight excluding hydrogens is 260 g/mol. The maximum atomic E-state index is 10.8. The lowest BCUT2D eigenvalue weighted by Gasteiger charge is -2.15. The van der Waals surface area contributed by atoms with Gasteiger partial charge in [-0.3, -0.25) is 10.1 Å². The van der Waals surface area contributed by atoms with Gasteiger partial charge in [0.15, 0.2) is 11.5 Å².